The number of aromatic nitrogens is 2. The first-order valence-corrected chi connectivity index (χ1v) is 9.45. The molecule has 0 amide bonds. The molecule has 0 atom stereocenters. The molecule has 130 valence electrons. The first kappa shape index (κ1) is 17.4. The fraction of sp³-hybridized carbons (Fsp3) is 0.222. The van der Waals surface area contributed by atoms with E-state index in [1.54, 1.807) is 38.1 Å². The molecular weight excluding hydrogens is 343 g/mol. The molecule has 0 aliphatic carbocycles. The molecule has 3 rings (SSSR count). The van der Waals surface area contributed by atoms with E-state index in [0.29, 0.717) is 16.6 Å². The molecule has 0 bridgehead atoms. The predicted octanol–water partition coefficient (Wildman–Crippen LogP) is 3.07. The lowest BCUT2D eigenvalue weighted by Gasteiger charge is -2.22. The van der Waals surface area contributed by atoms with Crippen LogP contribution in [0.4, 0.5) is 4.39 Å². The highest BCUT2D eigenvalue weighted by molar-refractivity contribution is 7.90. The Balaban J connectivity index is 2.43. The molecule has 0 fully saturated rings. The topological polar surface area (TPSA) is 80.2 Å². The van der Waals surface area contributed by atoms with Crippen LogP contribution in [0.15, 0.2) is 47.5 Å². The quantitative estimate of drug-likeness (QED) is 0.776. The molecule has 0 aliphatic heterocycles. The summed E-state index contributed by atoms with van der Waals surface area (Å²) in [7, 11) is -3.52. The maximum atomic E-state index is 13.5. The van der Waals surface area contributed by atoms with E-state index < -0.39 is 21.3 Å². The Kier molecular flexibility index (Phi) is 4.09. The fourth-order valence-electron chi connectivity index (χ4n) is 2.68. The van der Waals surface area contributed by atoms with Crippen LogP contribution >= 0.6 is 0 Å². The SMILES string of the molecule is CC(C)(O)c1cc2ncc(F)cc2nc1-c1ccccc1S(C)(=O)=O. The van der Waals surface area contributed by atoms with Crippen molar-refractivity contribution in [1.29, 1.82) is 0 Å². The molecule has 0 saturated heterocycles. The lowest BCUT2D eigenvalue weighted by atomic mass is 9.92. The Morgan fingerprint density at radius 3 is 2.44 bits per heavy atom. The Hall–Kier alpha value is -2.38. The average molecular weight is 360 g/mol. The number of sulfone groups is 1. The van der Waals surface area contributed by atoms with Crippen molar-refractivity contribution in [2.75, 3.05) is 6.26 Å². The maximum absolute atomic E-state index is 13.5. The number of nitrogens with zero attached hydrogens (tertiary/aromatic N) is 2. The van der Waals surface area contributed by atoms with Gasteiger partial charge in [-0.2, -0.15) is 0 Å². The molecule has 2 heterocycles. The first-order chi connectivity index (χ1) is 11.6. The van der Waals surface area contributed by atoms with Crippen molar-refractivity contribution in [3.05, 3.63) is 54.0 Å². The zero-order valence-corrected chi connectivity index (χ0v) is 14.8. The number of aliphatic hydroxyl groups is 1. The lowest BCUT2D eigenvalue weighted by molar-refractivity contribution is 0.0790. The fourth-order valence-corrected chi connectivity index (χ4v) is 3.57. The minimum Gasteiger partial charge on any atom is -0.386 e. The first-order valence-electron chi connectivity index (χ1n) is 7.56. The third-order valence-corrected chi connectivity index (χ3v) is 4.99. The summed E-state index contributed by atoms with van der Waals surface area (Å²) < 4.78 is 37.8. The van der Waals surface area contributed by atoms with E-state index in [9.17, 15) is 17.9 Å². The summed E-state index contributed by atoms with van der Waals surface area (Å²) in [6.45, 7) is 3.15. The van der Waals surface area contributed by atoms with Crippen LogP contribution in [0.2, 0.25) is 0 Å². The van der Waals surface area contributed by atoms with Crippen LogP contribution in [0, 0.1) is 5.82 Å². The normalized spacial score (nSPS) is 12.5. The number of benzene rings is 1. The number of hydrogen-bond donors (Lipinski definition) is 1. The van der Waals surface area contributed by atoms with Crippen molar-refractivity contribution in [2.24, 2.45) is 0 Å². The molecule has 0 saturated carbocycles. The molecular formula is C18H17FN2O3S. The predicted molar refractivity (Wildman–Crippen MR) is 93.3 cm³/mol. The zero-order chi connectivity index (χ0) is 18.4. The largest absolute Gasteiger partial charge is 0.386 e. The molecule has 3 aromatic rings. The molecule has 25 heavy (non-hydrogen) atoms. The molecule has 0 radical (unpaired) electrons. The van der Waals surface area contributed by atoms with Crippen molar-refractivity contribution in [1.82, 2.24) is 9.97 Å². The molecule has 2 aromatic heterocycles. The van der Waals surface area contributed by atoms with Crippen LogP contribution in [0.3, 0.4) is 0 Å². The van der Waals surface area contributed by atoms with Gasteiger partial charge in [0.1, 0.15) is 5.82 Å². The van der Waals surface area contributed by atoms with E-state index in [1.807, 2.05) is 0 Å². The second kappa shape index (κ2) is 5.86. The number of hydrogen-bond acceptors (Lipinski definition) is 5. The van der Waals surface area contributed by atoms with E-state index in [1.165, 1.54) is 12.1 Å². The summed E-state index contributed by atoms with van der Waals surface area (Å²) in [4.78, 5) is 8.51. The molecule has 0 unspecified atom stereocenters. The number of fused-ring (bicyclic) bond motifs is 1. The van der Waals surface area contributed by atoms with E-state index in [-0.39, 0.29) is 16.1 Å². The molecule has 1 N–H and O–H groups in total. The zero-order valence-electron chi connectivity index (χ0n) is 14.0. The van der Waals surface area contributed by atoms with Gasteiger partial charge in [-0.05, 0) is 26.0 Å². The van der Waals surface area contributed by atoms with E-state index in [0.717, 1.165) is 12.5 Å². The van der Waals surface area contributed by atoms with Gasteiger partial charge in [0, 0.05) is 23.4 Å². The van der Waals surface area contributed by atoms with Gasteiger partial charge < -0.3 is 5.11 Å². The Morgan fingerprint density at radius 2 is 1.80 bits per heavy atom. The summed E-state index contributed by atoms with van der Waals surface area (Å²) in [6.07, 6.45) is 2.18. The van der Waals surface area contributed by atoms with Gasteiger partial charge in [-0.15, -0.1) is 0 Å². The second-order valence-corrected chi connectivity index (χ2v) is 8.39. The van der Waals surface area contributed by atoms with Crippen molar-refractivity contribution < 1.29 is 17.9 Å². The lowest BCUT2D eigenvalue weighted by Crippen LogP contribution is -2.18. The molecule has 5 nitrogen and oxygen atoms in total. The molecule has 0 aliphatic rings. The Bertz CT molecular complexity index is 1070. The minimum absolute atomic E-state index is 0.0942. The molecule has 1 aromatic carbocycles. The van der Waals surface area contributed by atoms with Gasteiger partial charge in [0.05, 0.1) is 33.4 Å². The highest BCUT2D eigenvalue weighted by Gasteiger charge is 2.26. The standard InChI is InChI=1S/C18H17FN2O3S/c1-18(2,22)13-9-14-15(8-11(19)10-20-14)21-17(13)12-6-4-5-7-16(12)25(3,23)24/h4-10,22H,1-3H3. The minimum atomic E-state index is -3.52. The monoisotopic (exact) mass is 360 g/mol. The van der Waals surface area contributed by atoms with Crippen LogP contribution in [0.5, 0.6) is 0 Å². The average Bonchev–Trinajstić information content (AvgIpc) is 2.52. The summed E-state index contributed by atoms with van der Waals surface area (Å²) >= 11 is 0. The summed E-state index contributed by atoms with van der Waals surface area (Å²) in [5.74, 6) is -0.543. The molecule has 7 heteroatoms. The third kappa shape index (κ3) is 3.38. The van der Waals surface area contributed by atoms with Gasteiger partial charge in [-0.1, -0.05) is 18.2 Å². The maximum Gasteiger partial charge on any atom is 0.176 e. The van der Waals surface area contributed by atoms with Crippen LogP contribution in [0.1, 0.15) is 19.4 Å². The van der Waals surface area contributed by atoms with Crippen molar-refractivity contribution >= 4 is 20.9 Å². The van der Waals surface area contributed by atoms with Gasteiger partial charge in [-0.25, -0.2) is 17.8 Å². The highest BCUT2D eigenvalue weighted by atomic mass is 32.2. The van der Waals surface area contributed by atoms with Gasteiger partial charge in [0.15, 0.2) is 9.84 Å². The van der Waals surface area contributed by atoms with Gasteiger partial charge in [0.25, 0.3) is 0 Å². The second-order valence-electron chi connectivity index (χ2n) is 6.40. The number of halogens is 1. The van der Waals surface area contributed by atoms with Gasteiger partial charge in [0.2, 0.25) is 0 Å². The Labute approximate surface area is 145 Å². The van der Waals surface area contributed by atoms with Gasteiger partial charge in [-0.3, -0.25) is 4.98 Å². The summed E-state index contributed by atoms with van der Waals surface area (Å²) in [5.41, 5.74) is 0.458. The van der Waals surface area contributed by atoms with Crippen LogP contribution in [-0.2, 0) is 15.4 Å². The Morgan fingerprint density at radius 1 is 1.12 bits per heavy atom. The highest BCUT2D eigenvalue weighted by Crippen LogP contribution is 2.35. The smallest absolute Gasteiger partial charge is 0.176 e. The third-order valence-electron chi connectivity index (χ3n) is 3.83. The van der Waals surface area contributed by atoms with Crippen LogP contribution in [0.25, 0.3) is 22.3 Å². The van der Waals surface area contributed by atoms with E-state index >= 15 is 0 Å². The van der Waals surface area contributed by atoms with Crippen molar-refractivity contribution in [3.8, 4) is 11.3 Å². The molecule has 0 spiro atoms. The van der Waals surface area contributed by atoms with Crippen LogP contribution in [-0.4, -0.2) is 29.7 Å². The van der Waals surface area contributed by atoms with Gasteiger partial charge >= 0.3 is 0 Å². The van der Waals surface area contributed by atoms with E-state index in [2.05, 4.69) is 9.97 Å². The van der Waals surface area contributed by atoms with Crippen LogP contribution < -0.4 is 0 Å². The van der Waals surface area contributed by atoms with E-state index in [4.69, 9.17) is 0 Å². The number of pyridine rings is 2. The van der Waals surface area contributed by atoms with Crippen molar-refractivity contribution in [3.63, 3.8) is 0 Å². The summed E-state index contributed by atoms with van der Waals surface area (Å²) in [6, 6.07) is 9.24. The summed E-state index contributed by atoms with van der Waals surface area (Å²) in [5, 5.41) is 10.5. The number of rotatable bonds is 3. The van der Waals surface area contributed by atoms with Crippen molar-refractivity contribution in [2.45, 2.75) is 24.3 Å².